The molecular weight excluding hydrogens is 448 g/mol. The molecule has 184 valence electrons. The maximum atomic E-state index is 5.87. The van der Waals surface area contributed by atoms with Gasteiger partial charge in [-0.25, -0.2) is 0 Å². The van der Waals surface area contributed by atoms with Crippen LogP contribution in [0, 0.1) is 0 Å². The molecule has 0 aromatic heterocycles. The fourth-order valence-electron chi connectivity index (χ4n) is 5.09. The van der Waals surface area contributed by atoms with E-state index in [0.717, 1.165) is 65.4 Å². The van der Waals surface area contributed by atoms with Crippen molar-refractivity contribution in [2.45, 2.75) is 25.7 Å². The van der Waals surface area contributed by atoms with Gasteiger partial charge >= 0.3 is 0 Å². The van der Waals surface area contributed by atoms with Crippen LogP contribution in [0.3, 0.4) is 0 Å². The molecule has 0 spiro atoms. The van der Waals surface area contributed by atoms with Gasteiger partial charge in [-0.3, -0.25) is 0 Å². The van der Waals surface area contributed by atoms with E-state index in [9.17, 15) is 0 Å². The summed E-state index contributed by atoms with van der Waals surface area (Å²) in [4.78, 5) is 0. The van der Waals surface area contributed by atoms with E-state index in [4.69, 9.17) is 18.9 Å². The van der Waals surface area contributed by atoms with Gasteiger partial charge in [-0.15, -0.1) is 0 Å². The van der Waals surface area contributed by atoms with E-state index < -0.39 is 0 Å². The third-order valence-electron chi connectivity index (χ3n) is 7.07. The van der Waals surface area contributed by atoms with E-state index in [0.29, 0.717) is 0 Å². The van der Waals surface area contributed by atoms with Gasteiger partial charge in [0.1, 0.15) is 23.0 Å². The van der Waals surface area contributed by atoms with Gasteiger partial charge < -0.3 is 18.9 Å². The highest BCUT2D eigenvalue weighted by molar-refractivity contribution is 5.78. The molecule has 6 bridgehead atoms. The van der Waals surface area contributed by atoms with Crippen molar-refractivity contribution in [1.29, 1.82) is 0 Å². The predicted octanol–water partition coefficient (Wildman–Crippen LogP) is 6.94. The van der Waals surface area contributed by atoms with Crippen LogP contribution in [0.4, 0.5) is 0 Å². The molecule has 0 amide bonds. The molecule has 0 saturated heterocycles. The second-order valence-corrected chi connectivity index (χ2v) is 9.13. The summed E-state index contributed by atoms with van der Waals surface area (Å²) in [6.07, 6.45) is 3.56. The molecule has 4 nitrogen and oxygen atoms in total. The Labute approximate surface area is 213 Å². The van der Waals surface area contributed by atoms with Gasteiger partial charge in [-0.1, -0.05) is 30.3 Å². The smallest absolute Gasteiger partial charge is 0.126 e. The van der Waals surface area contributed by atoms with Gasteiger partial charge in [-0.05, 0) is 96.0 Å². The fourth-order valence-corrected chi connectivity index (χ4v) is 5.09. The van der Waals surface area contributed by atoms with Gasteiger partial charge in [0.2, 0.25) is 0 Å². The summed E-state index contributed by atoms with van der Waals surface area (Å²) in [5.74, 6) is 3.44. The Morgan fingerprint density at radius 1 is 0.417 bits per heavy atom. The molecule has 4 heteroatoms. The zero-order chi connectivity index (χ0) is 25.1. The van der Waals surface area contributed by atoms with Crippen LogP contribution in [0.15, 0.2) is 72.8 Å². The molecule has 0 unspecified atom stereocenters. The van der Waals surface area contributed by atoms with E-state index in [2.05, 4.69) is 66.7 Å². The van der Waals surface area contributed by atoms with Crippen molar-refractivity contribution in [3.63, 3.8) is 0 Å². The number of hydrogen-bond donors (Lipinski definition) is 0. The lowest BCUT2D eigenvalue weighted by atomic mass is 9.91. The van der Waals surface area contributed by atoms with E-state index in [1.54, 1.807) is 28.4 Å². The topological polar surface area (TPSA) is 36.9 Å². The van der Waals surface area contributed by atoms with Crippen LogP contribution in [0.2, 0.25) is 0 Å². The molecule has 4 aromatic rings. The molecule has 2 aliphatic carbocycles. The molecule has 0 radical (unpaired) electrons. The first kappa shape index (κ1) is 23.8. The lowest BCUT2D eigenvalue weighted by Gasteiger charge is -2.18. The average Bonchev–Trinajstić information content (AvgIpc) is 2.93. The predicted molar refractivity (Wildman–Crippen MR) is 145 cm³/mol. The Balaban J connectivity index is 1.69. The minimum Gasteiger partial charge on any atom is -0.497 e. The standard InChI is InChI=1S/C32H32O4/c1-33-25-12-14-26-24(20-25)11-7-22-10-16-31(35-3)29(18-22)28-17-21(9-15-30(28)34-2)5-6-23-8-13-27(26)32(19-23)36-4/h8-10,12-20H,5-7,11H2,1-4H3. The van der Waals surface area contributed by atoms with E-state index in [1.165, 1.54) is 27.8 Å². The van der Waals surface area contributed by atoms with Crippen molar-refractivity contribution in [2.24, 2.45) is 0 Å². The molecule has 0 fully saturated rings. The van der Waals surface area contributed by atoms with Gasteiger partial charge in [-0.2, -0.15) is 0 Å². The molecule has 0 heterocycles. The van der Waals surface area contributed by atoms with Crippen molar-refractivity contribution >= 4 is 0 Å². The second kappa shape index (κ2) is 10.4. The maximum absolute atomic E-state index is 5.87. The summed E-state index contributed by atoms with van der Waals surface area (Å²) in [5, 5.41) is 0. The first-order valence-corrected chi connectivity index (χ1v) is 12.3. The summed E-state index contributed by atoms with van der Waals surface area (Å²) < 4.78 is 23.0. The van der Waals surface area contributed by atoms with E-state index in [-0.39, 0.29) is 0 Å². The summed E-state index contributed by atoms with van der Waals surface area (Å²) in [7, 11) is 6.90. The van der Waals surface area contributed by atoms with E-state index >= 15 is 0 Å². The minimum atomic E-state index is 0.844. The molecule has 0 aliphatic heterocycles. The van der Waals surface area contributed by atoms with Crippen LogP contribution in [-0.4, -0.2) is 28.4 Å². The maximum Gasteiger partial charge on any atom is 0.126 e. The van der Waals surface area contributed by atoms with Crippen LogP contribution >= 0.6 is 0 Å². The SMILES string of the molecule is COc1ccc2c(c1)CCc1ccc(OC)c(c1)-c1cc(ccc1OC)CCc1ccc-2c(OC)c1. The number of benzene rings is 4. The molecule has 6 rings (SSSR count). The molecule has 2 aliphatic rings. The minimum absolute atomic E-state index is 0.844. The van der Waals surface area contributed by atoms with Gasteiger partial charge in [0.05, 0.1) is 28.4 Å². The Morgan fingerprint density at radius 3 is 1.53 bits per heavy atom. The summed E-state index contributed by atoms with van der Waals surface area (Å²) in [6, 6.07) is 25.8. The third-order valence-corrected chi connectivity index (χ3v) is 7.07. The number of aryl methyl sites for hydroxylation is 4. The van der Waals surface area contributed by atoms with Crippen molar-refractivity contribution in [3.05, 3.63) is 95.1 Å². The average molecular weight is 481 g/mol. The highest BCUT2D eigenvalue weighted by Gasteiger charge is 2.17. The third kappa shape index (κ3) is 4.64. The Bertz CT molecular complexity index is 1390. The van der Waals surface area contributed by atoms with Crippen LogP contribution in [-0.2, 0) is 25.7 Å². The first-order chi connectivity index (χ1) is 17.6. The van der Waals surface area contributed by atoms with Gasteiger partial charge in [0, 0.05) is 16.7 Å². The fraction of sp³-hybridized carbons (Fsp3) is 0.250. The number of hydrogen-bond acceptors (Lipinski definition) is 4. The quantitative estimate of drug-likeness (QED) is 0.317. The van der Waals surface area contributed by atoms with Crippen LogP contribution in [0.25, 0.3) is 22.3 Å². The Morgan fingerprint density at radius 2 is 0.944 bits per heavy atom. The second-order valence-electron chi connectivity index (χ2n) is 9.13. The highest BCUT2D eigenvalue weighted by atomic mass is 16.5. The Hall–Kier alpha value is -3.92. The molecule has 0 saturated carbocycles. The zero-order valence-electron chi connectivity index (χ0n) is 21.4. The van der Waals surface area contributed by atoms with Crippen molar-refractivity contribution in [3.8, 4) is 45.3 Å². The zero-order valence-corrected chi connectivity index (χ0v) is 21.4. The van der Waals surface area contributed by atoms with Crippen LogP contribution in [0.1, 0.15) is 22.3 Å². The van der Waals surface area contributed by atoms with Crippen molar-refractivity contribution in [2.75, 3.05) is 28.4 Å². The van der Waals surface area contributed by atoms with Crippen molar-refractivity contribution < 1.29 is 18.9 Å². The summed E-state index contributed by atoms with van der Waals surface area (Å²) >= 11 is 0. The molecular formula is C32H32O4. The largest absolute Gasteiger partial charge is 0.497 e. The molecule has 0 N–H and O–H groups in total. The number of fused-ring (bicyclic) bond motifs is 4. The lowest BCUT2D eigenvalue weighted by molar-refractivity contribution is 0.410. The molecule has 0 atom stereocenters. The van der Waals surface area contributed by atoms with Gasteiger partial charge in [0.25, 0.3) is 0 Å². The van der Waals surface area contributed by atoms with Crippen LogP contribution in [0.5, 0.6) is 23.0 Å². The number of methoxy groups -OCH3 is 4. The normalized spacial score (nSPS) is 12.6. The van der Waals surface area contributed by atoms with E-state index in [1.807, 2.05) is 6.07 Å². The highest BCUT2D eigenvalue weighted by Crippen LogP contribution is 2.40. The summed E-state index contributed by atoms with van der Waals surface area (Å²) in [5.41, 5.74) is 9.35. The number of rotatable bonds is 4. The summed E-state index contributed by atoms with van der Waals surface area (Å²) in [6.45, 7) is 0. The van der Waals surface area contributed by atoms with Crippen molar-refractivity contribution in [1.82, 2.24) is 0 Å². The Kier molecular flexibility index (Phi) is 6.86. The monoisotopic (exact) mass is 480 g/mol. The first-order valence-electron chi connectivity index (χ1n) is 12.3. The lowest BCUT2D eigenvalue weighted by Crippen LogP contribution is -2.01. The molecule has 36 heavy (non-hydrogen) atoms. The molecule has 4 aromatic carbocycles. The number of ether oxygens (including phenoxy) is 4. The van der Waals surface area contributed by atoms with Crippen LogP contribution < -0.4 is 18.9 Å². The van der Waals surface area contributed by atoms with Gasteiger partial charge in [0.15, 0.2) is 0 Å².